The number of hydrogen-bond acceptors (Lipinski definition) is 4. The van der Waals surface area contributed by atoms with Gasteiger partial charge in [0.05, 0.1) is 22.0 Å². The smallest absolute Gasteiger partial charge is 0.229 e. The molecule has 0 fully saturated rings. The second kappa shape index (κ2) is 9.88. The molecule has 0 spiro atoms. The van der Waals surface area contributed by atoms with E-state index >= 15 is 0 Å². The van der Waals surface area contributed by atoms with Gasteiger partial charge in [0.2, 0.25) is 5.91 Å². The van der Waals surface area contributed by atoms with Gasteiger partial charge >= 0.3 is 0 Å². The SMILES string of the molecule is CCC(C)c1nc(-c2cccc(C)c2)c(-c2ccnc(NC(=O)Cc3ccccc3)c2)s1. The third kappa shape index (κ3) is 5.11. The van der Waals surface area contributed by atoms with E-state index in [0.717, 1.165) is 38.7 Å². The molecule has 4 rings (SSSR count). The van der Waals surface area contributed by atoms with E-state index in [4.69, 9.17) is 4.98 Å². The largest absolute Gasteiger partial charge is 0.310 e. The van der Waals surface area contributed by atoms with Crippen LogP contribution in [0.1, 0.15) is 42.3 Å². The van der Waals surface area contributed by atoms with Crippen LogP contribution in [-0.4, -0.2) is 15.9 Å². The summed E-state index contributed by atoms with van der Waals surface area (Å²) in [4.78, 5) is 23.0. The predicted octanol–water partition coefficient (Wildman–Crippen LogP) is 6.88. The Kier molecular flexibility index (Phi) is 6.76. The van der Waals surface area contributed by atoms with E-state index in [1.54, 1.807) is 17.5 Å². The Balaban J connectivity index is 1.66. The molecule has 1 unspecified atom stereocenters. The Morgan fingerprint density at radius 2 is 1.84 bits per heavy atom. The summed E-state index contributed by atoms with van der Waals surface area (Å²) in [5, 5.41) is 4.07. The van der Waals surface area contributed by atoms with Crippen molar-refractivity contribution in [2.45, 2.75) is 39.5 Å². The van der Waals surface area contributed by atoms with E-state index in [0.29, 0.717) is 18.2 Å². The van der Waals surface area contributed by atoms with Gasteiger partial charge in [-0.2, -0.15) is 0 Å². The number of amides is 1. The maximum atomic E-state index is 12.5. The van der Waals surface area contributed by atoms with Crippen molar-refractivity contribution in [1.29, 1.82) is 0 Å². The molecule has 5 heteroatoms. The first-order chi connectivity index (χ1) is 15.5. The minimum Gasteiger partial charge on any atom is -0.310 e. The maximum Gasteiger partial charge on any atom is 0.229 e. The molecule has 1 amide bonds. The number of aryl methyl sites for hydroxylation is 1. The average molecular weight is 442 g/mol. The normalized spacial score (nSPS) is 11.8. The van der Waals surface area contributed by atoms with Crippen LogP contribution in [-0.2, 0) is 11.2 Å². The van der Waals surface area contributed by atoms with Crippen molar-refractivity contribution >= 4 is 23.1 Å². The molecule has 0 aliphatic heterocycles. The van der Waals surface area contributed by atoms with Crippen LogP contribution in [0.3, 0.4) is 0 Å². The van der Waals surface area contributed by atoms with E-state index in [1.165, 1.54) is 5.56 Å². The van der Waals surface area contributed by atoms with Crippen molar-refractivity contribution in [3.63, 3.8) is 0 Å². The standard InChI is InChI=1S/C27H27N3OS/c1-4-19(3)27-30-25(21-12-8-9-18(2)15-21)26(32-27)22-13-14-28-23(17-22)29-24(31)16-20-10-6-5-7-11-20/h5-15,17,19H,4,16H2,1-3H3,(H,28,29,31). The van der Waals surface area contributed by atoms with Crippen molar-refractivity contribution in [1.82, 2.24) is 9.97 Å². The summed E-state index contributed by atoms with van der Waals surface area (Å²) in [5.74, 6) is 0.866. The van der Waals surface area contributed by atoms with Crippen LogP contribution < -0.4 is 5.32 Å². The third-order valence-electron chi connectivity index (χ3n) is 5.47. The van der Waals surface area contributed by atoms with Crippen LogP contribution in [0.4, 0.5) is 5.82 Å². The number of hydrogen-bond donors (Lipinski definition) is 1. The second-order valence-electron chi connectivity index (χ2n) is 8.05. The Morgan fingerprint density at radius 1 is 1.03 bits per heavy atom. The number of benzene rings is 2. The molecular formula is C27H27N3OS. The van der Waals surface area contributed by atoms with Crippen molar-refractivity contribution < 1.29 is 4.79 Å². The molecule has 0 aliphatic rings. The molecule has 0 radical (unpaired) electrons. The number of carbonyl (C=O) groups excluding carboxylic acids is 1. The zero-order valence-electron chi connectivity index (χ0n) is 18.6. The zero-order chi connectivity index (χ0) is 22.5. The summed E-state index contributed by atoms with van der Waals surface area (Å²) in [6.07, 6.45) is 3.10. The quantitative estimate of drug-likeness (QED) is 0.340. The van der Waals surface area contributed by atoms with Crippen LogP contribution in [0.15, 0.2) is 72.9 Å². The summed E-state index contributed by atoms with van der Waals surface area (Å²) in [6.45, 7) is 6.49. The molecular weight excluding hydrogens is 414 g/mol. The van der Waals surface area contributed by atoms with E-state index in [9.17, 15) is 4.79 Å². The fourth-order valence-electron chi connectivity index (χ4n) is 3.51. The molecule has 0 saturated heterocycles. The first-order valence-corrected chi connectivity index (χ1v) is 11.7. The topological polar surface area (TPSA) is 54.9 Å². The number of thiazole rings is 1. The predicted molar refractivity (Wildman–Crippen MR) is 133 cm³/mol. The van der Waals surface area contributed by atoms with Gasteiger partial charge in [-0.25, -0.2) is 9.97 Å². The molecule has 0 aliphatic carbocycles. The summed E-state index contributed by atoms with van der Waals surface area (Å²) in [5.41, 5.74) is 5.29. The highest BCUT2D eigenvalue weighted by atomic mass is 32.1. The number of aromatic nitrogens is 2. The minimum absolute atomic E-state index is 0.0793. The number of nitrogens with one attached hydrogen (secondary N) is 1. The van der Waals surface area contributed by atoms with Crippen molar-refractivity contribution in [2.24, 2.45) is 0 Å². The molecule has 162 valence electrons. The van der Waals surface area contributed by atoms with Gasteiger partial charge in [0.15, 0.2) is 0 Å². The van der Waals surface area contributed by atoms with E-state index in [1.807, 2.05) is 42.5 Å². The number of rotatable bonds is 7. The number of carbonyl (C=O) groups is 1. The van der Waals surface area contributed by atoms with Crippen LogP contribution in [0, 0.1) is 6.92 Å². The van der Waals surface area contributed by atoms with Crippen molar-refractivity contribution in [3.8, 4) is 21.7 Å². The maximum absolute atomic E-state index is 12.5. The molecule has 4 aromatic rings. The van der Waals surface area contributed by atoms with Gasteiger partial charge in [-0.1, -0.05) is 67.9 Å². The van der Waals surface area contributed by atoms with Gasteiger partial charge in [0.1, 0.15) is 5.82 Å². The highest BCUT2D eigenvalue weighted by molar-refractivity contribution is 7.15. The summed E-state index contributed by atoms with van der Waals surface area (Å²) < 4.78 is 0. The Hall–Kier alpha value is -3.31. The highest BCUT2D eigenvalue weighted by Gasteiger charge is 2.18. The monoisotopic (exact) mass is 441 g/mol. The van der Waals surface area contributed by atoms with Gasteiger partial charge in [-0.05, 0) is 42.7 Å². The van der Waals surface area contributed by atoms with Crippen LogP contribution in [0.2, 0.25) is 0 Å². The molecule has 2 aromatic heterocycles. The first kappa shape index (κ1) is 21.9. The van der Waals surface area contributed by atoms with Crippen molar-refractivity contribution in [3.05, 3.63) is 89.1 Å². The molecule has 2 heterocycles. The van der Waals surface area contributed by atoms with Crippen LogP contribution in [0.25, 0.3) is 21.7 Å². The number of anilines is 1. The summed E-state index contributed by atoms with van der Waals surface area (Å²) >= 11 is 1.72. The zero-order valence-corrected chi connectivity index (χ0v) is 19.4. The summed E-state index contributed by atoms with van der Waals surface area (Å²) in [6, 6.07) is 22.1. The Bertz CT molecular complexity index is 1220. The fourth-order valence-corrected chi connectivity index (χ4v) is 4.73. The number of nitrogens with zero attached hydrogens (tertiary/aromatic N) is 2. The minimum atomic E-state index is -0.0793. The van der Waals surface area contributed by atoms with Gasteiger partial charge in [-0.15, -0.1) is 11.3 Å². The van der Waals surface area contributed by atoms with E-state index in [-0.39, 0.29) is 5.91 Å². The molecule has 0 bridgehead atoms. The fraction of sp³-hybridized carbons (Fsp3) is 0.222. The Labute approximate surface area is 193 Å². The molecule has 1 atom stereocenters. The lowest BCUT2D eigenvalue weighted by Gasteiger charge is -2.08. The van der Waals surface area contributed by atoms with Crippen LogP contribution in [0.5, 0.6) is 0 Å². The molecule has 32 heavy (non-hydrogen) atoms. The van der Waals surface area contributed by atoms with Gasteiger partial charge in [0, 0.05) is 17.7 Å². The van der Waals surface area contributed by atoms with Gasteiger partial charge in [0.25, 0.3) is 0 Å². The highest BCUT2D eigenvalue weighted by Crippen LogP contribution is 2.40. The third-order valence-corrected chi connectivity index (χ3v) is 6.80. The first-order valence-electron chi connectivity index (χ1n) is 10.9. The molecule has 2 aromatic carbocycles. The van der Waals surface area contributed by atoms with Gasteiger partial charge < -0.3 is 5.32 Å². The molecule has 0 saturated carbocycles. The molecule has 1 N–H and O–H groups in total. The lowest BCUT2D eigenvalue weighted by molar-refractivity contribution is -0.115. The second-order valence-corrected chi connectivity index (χ2v) is 9.08. The number of pyridine rings is 1. The Morgan fingerprint density at radius 3 is 2.59 bits per heavy atom. The summed E-state index contributed by atoms with van der Waals surface area (Å²) in [7, 11) is 0. The lowest BCUT2D eigenvalue weighted by Crippen LogP contribution is -2.15. The lowest BCUT2D eigenvalue weighted by atomic mass is 10.0. The van der Waals surface area contributed by atoms with E-state index < -0.39 is 0 Å². The van der Waals surface area contributed by atoms with E-state index in [2.05, 4.69) is 55.3 Å². The van der Waals surface area contributed by atoms with Crippen LogP contribution >= 0.6 is 11.3 Å². The average Bonchev–Trinajstić information content (AvgIpc) is 3.25. The van der Waals surface area contributed by atoms with Gasteiger partial charge in [-0.3, -0.25) is 4.79 Å². The van der Waals surface area contributed by atoms with Crippen molar-refractivity contribution in [2.75, 3.05) is 5.32 Å². The molecule has 4 nitrogen and oxygen atoms in total.